The molecular formula is C31H44N3O6PS2. The standard InChI is InChI=1S/C31H44N3O6PS2/c1-41(38,39)40-21-9-3-2-8-19-32-30(36)18-22-42-43-23-20-33-29(35)16-17-31(37)34-24-27-12-5-4-10-25(27)14-15-26-11-6-7-13-28(26)34/h4-7,10-13H,2-3,8-9,14-24H2,1H3,(H,32,36)(H,33,35)(H,38,39). The van der Waals surface area contributed by atoms with Gasteiger partial charge in [-0.05, 0) is 48.4 Å². The molecule has 0 radical (unpaired) electrons. The number of anilines is 1. The molecular weight excluding hydrogens is 605 g/mol. The smallest absolute Gasteiger partial charge is 0.325 e. The quantitative estimate of drug-likeness (QED) is 0.110. The minimum absolute atomic E-state index is 0.0211. The zero-order valence-corrected chi connectivity index (χ0v) is 27.5. The summed E-state index contributed by atoms with van der Waals surface area (Å²) in [6.07, 6.45) is 5.95. The summed E-state index contributed by atoms with van der Waals surface area (Å²) >= 11 is 0. The van der Waals surface area contributed by atoms with Crippen molar-refractivity contribution in [2.75, 3.05) is 42.8 Å². The second-order valence-electron chi connectivity index (χ2n) is 10.5. The fraction of sp³-hybridized carbons (Fsp3) is 0.516. The maximum Gasteiger partial charge on any atom is 0.325 e. The Morgan fingerprint density at radius 2 is 1.44 bits per heavy atom. The van der Waals surface area contributed by atoms with E-state index in [0.29, 0.717) is 31.8 Å². The molecule has 2 aromatic rings. The zero-order chi connectivity index (χ0) is 30.9. The van der Waals surface area contributed by atoms with Crippen molar-refractivity contribution in [3.63, 3.8) is 0 Å². The Balaban J connectivity index is 1.23. The van der Waals surface area contributed by atoms with Gasteiger partial charge in [0, 0.05) is 56.2 Å². The third-order valence-electron chi connectivity index (χ3n) is 6.99. The lowest BCUT2D eigenvalue weighted by atomic mass is 9.95. The monoisotopic (exact) mass is 649 g/mol. The molecule has 0 fully saturated rings. The lowest BCUT2D eigenvalue weighted by Gasteiger charge is -2.29. The predicted molar refractivity (Wildman–Crippen MR) is 176 cm³/mol. The summed E-state index contributed by atoms with van der Waals surface area (Å²) in [5.74, 6) is 1.24. The summed E-state index contributed by atoms with van der Waals surface area (Å²) in [5, 5.41) is 5.81. The van der Waals surface area contributed by atoms with Crippen LogP contribution in [0.2, 0.25) is 0 Å². The summed E-state index contributed by atoms with van der Waals surface area (Å²) in [7, 11) is -0.170. The molecule has 1 atom stereocenters. The number of benzene rings is 2. The first-order valence-electron chi connectivity index (χ1n) is 14.9. The van der Waals surface area contributed by atoms with Crippen molar-refractivity contribution >= 4 is 52.6 Å². The number of aryl methyl sites for hydroxylation is 2. The molecule has 0 aliphatic carbocycles. The van der Waals surface area contributed by atoms with Gasteiger partial charge in [0.15, 0.2) is 0 Å². The van der Waals surface area contributed by atoms with Crippen LogP contribution in [0.5, 0.6) is 0 Å². The largest absolute Gasteiger partial charge is 0.356 e. The average Bonchev–Trinajstić information content (AvgIpc) is 2.97. The van der Waals surface area contributed by atoms with Crippen molar-refractivity contribution in [3.05, 3.63) is 65.2 Å². The lowest BCUT2D eigenvalue weighted by molar-refractivity contribution is -0.125. The van der Waals surface area contributed by atoms with Gasteiger partial charge in [0.25, 0.3) is 0 Å². The second-order valence-corrected chi connectivity index (χ2v) is 15.1. The highest BCUT2D eigenvalue weighted by Crippen LogP contribution is 2.36. The van der Waals surface area contributed by atoms with Crippen LogP contribution in [0.3, 0.4) is 0 Å². The number of nitrogens with one attached hydrogen (secondary N) is 2. The van der Waals surface area contributed by atoms with Crippen LogP contribution in [0.25, 0.3) is 0 Å². The Bertz CT molecular complexity index is 1240. The first kappa shape index (κ1) is 35.2. The van der Waals surface area contributed by atoms with E-state index in [2.05, 4.69) is 28.8 Å². The molecule has 1 aliphatic heterocycles. The van der Waals surface area contributed by atoms with E-state index in [1.54, 1.807) is 21.6 Å². The van der Waals surface area contributed by atoms with Crippen LogP contribution in [0, 0.1) is 0 Å². The fourth-order valence-corrected chi connectivity index (χ4v) is 7.11. The molecule has 1 heterocycles. The van der Waals surface area contributed by atoms with Gasteiger partial charge >= 0.3 is 7.60 Å². The van der Waals surface area contributed by atoms with E-state index < -0.39 is 7.60 Å². The first-order chi connectivity index (χ1) is 20.7. The molecule has 3 amide bonds. The number of fused-ring (bicyclic) bond motifs is 2. The van der Waals surface area contributed by atoms with E-state index in [0.717, 1.165) is 61.1 Å². The van der Waals surface area contributed by atoms with Gasteiger partial charge in [-0.15, -0.1) is 0 Å². The Labute approximate surface area is 263 Å². The molecule has 0 bridgehead atoms. The third-order valence-corrected chi connectivity index (χ3v) is 10.1. The highest BCUT2D eigenvalue weighted by Gasteiger charge is 2.23. The van der Waals surface area contributed by atoms with E-state index in [1.807, 2.05) is 35.2 Å². The Kier molecular flexibility index (Phi) is 15.7. The molecule has 1 aliphatic rings. The van der Waals surface area contributed by atoms with Gasteiger partial charge in [0.1, 0.15) is 0 Å². The van der Waals surface area contributed by atoms with E-state index in [4.69, 9.17) is 9.42 Å². The van der Waals surface area contributed by atoms with Gasteiger partial charge in [0.2, 0.25) is 17.7 Å². The first-order valence-corrected chi connectivity index (χ1v) is 19.4. The van der Waals surface area contributed by atoms with Crippen molar-refractivity contribution in [1.29, 1.82) is 0 Å². The summed E-state index contributed by atoms with van der Waals surface area (Å²) in [6.45, 7) is 3.09. The van der Waals surface area contributed by atoms with Gasteiger partial charge in [-0.3, -0.25) is 18.9 Å². The predicted octanol–water partition coefficient (Wildman–Crippen LogP) is 5.49. The van der Waals surface area contributed by atoms with E-state index >= 15 is 0 Å². The van der Waals surface area contributed by atoms with Crippen molar-refractivity contribution in [3.8, 4) is 0 Å². The molecule has 236 valence electrons. The number of para-hydroxylation sites is 1. The van der Waals surface area contributed by atoms with Gasteiger partial charge in [-0.1, -0.05) is 76.9 Å². The number of rotatable bonds is 18. The van der Waals surface area contributed by atoms with Gasteiger partial charge in [-0.2, -0.15) is 0 Å². The second kappa shape index (κ2) is 19.2. The maximum atomic E-state index is 13.3. The fourth-order valence-electron chi connectivity index (χ4n) is 4.75. The van der Waals surface area contributed by atoms with E-state index in [1.165, 1.54) is 12.2 Å². The van der Waals surface area contributed by atoms with Crippen LogP contribution in [0.4, 0.5) is 5.69 Å². The summed E-state index contributed by atoms with van der Waals surface area (Å²) in [5.41, 5.74) is 4.49. The van der Waals surface area contributed by atoms with Crippen LogP contribution in [-0.4, -0.2) is 60.5 Å². The summed E-state index contributed by atoms with van der Waals surface area (Å²) < 4.78 is 15.9. The lowest BCUT2D eigenvalue weighted by Crippen LogP contribution is -2.34. The Hall–Kier alpha value is -2.30. The SMILES string of the molecule is CP(=O)(O)OCCCCCCNC(=O)CCSSCCNC(=O)CCC(=O)N1Cc2ccccc2CCc2ccccc21. The molecule has 12 heteroatoms. The van der Waals surface area contributed by atoms with Crippen molar-refractivity contribution in [1.82, 2.24) is 10.6 Å². The van der Waals surface area contributed by atoms with Crippen LogP contribution in [0.15, 0.2) is 48.5 Å². The highest BCUT2D eigenvalue weighted by molar-refractivity contribution is 8.76. The summed E-state index contributed by atoms with van der Waals surface area (Å²) in [6, 6.07) is 16.3. The minimum atomic E-state index is -3.39. The van der Waals surface area contributed by atoms with E-state index in [-0.39, 0.29) is 37.2 Å². The average molecular weight is 650 g/mol. The van der Waals surface area contributed by atoms with Crippen molar-refractivity contribution in [2.45, 2.75) is 64.3 Å². The molecule has 43 heavy (non-hydrogen) atoms. The Morgan fingerprint density at radius 3 is 2.23 bits per heavy atom. The molecule has 3 N–H and O–H groups in total. The number of nitrogens with zero attached hydrogens (tertiary/aromatic N) is 1. The highest BCUT2D eigenvalue weighted by atomic mass is 33.1. The number of amides is 3. The number of unbranched alkanes of at least 4 members (excludes halogenated alkanes) is 3. The molecule has 0 spiro atoms. The molecule has 1 unspecified atom stereocenters. The van der Waals surface area contributed by atoms with E-state index in [9.17, 15) is 18.9 Å². The molecule has 3 rings (SSSR count). The number of hydrogen-bond donors (Lipinski definition) is 3. The minimum Gasteiger partial charge on any atom is -0.356 e. The molecule has 0 aromatic heterocycles. The molecule has 0 saturated carbocycles. The zero-order valence-electron chi connectivity index (χ0n) is 24.9. The van der Waals surface area contributed by atoms with Gasteiger partial charge in [0.05, 0.1) is 13.2 Å². The van der Waals surface area contributed by atoms with Crippen molar-refractivity contribution < 1.29 is 28.4 Å². The molecule has 9 nitrogen and oxygen atoms in total. The summed E-state index contributed by atoms with van der Waals surface area (Å²) in [4.78, 5) is 48.6. The van der Waals surface area contributed by atoms with Crippen LogP contribution in [0.1, 0.15) is 61.6 Å². The maximum absolute atomic E-state index is 13.3. The van der Waals surface area contributed by atoms with Gasteiger partial charge in [-0.25, -0.2) is 0 Å². The van der Waals surface area contributed by atoms with Gasteiger partial charge < -0.3 is 25.0 Å². The normalized spacial score (nSPS) is 14.0. The van der Waals surface area contributed by atoms with Crippen LogP contribution in [-0.2, 0) is 42.9 Å². The topological polar surface area (TPSA) is 125 Å². The van der Waals surface area contributed by atoms with Crippen LogP contribution >= 0.6 is 29.2 Å². The number of hydrogen-bond acceptors (Lipinski definition) is 7. The number of carbonyl (C=O) groups is 3. The van der Waals surface area contributed by atoms with Crippen LogP contribution < -0.4 is 15.5 Å². The van der Waals surface area contributed by atoms with Crippen molar-refractivity contribution in [2.24, 2.45) is 0 Å². The third kappa shape index (κ3) is 13.9. The molecule has 0 saturated heterocycles. The number of carbonyl (C=O) groups excluding carboxylic acids is 3. The molecule has 2 aromatic carbocycles. The Morgan fingerprint density at radius 1 is 0.814 bits per heavy atom.